The first-order valence-electron chi connectivity index (χ1n) is 9.32. The molecule has 2 aliphatic rings. The maximum absolute atomic E-state index is 12.1. The second-order valence-corrected chi connectivity index (χ2v) is 9.10. The van der Waals surface area contributed by atoms with E-state index in [0.29, 0.717) is 17.8 Å². The van der Waals surface area contributed by atoms with Gasteiger partial charge in [0.25, 0.3) is 0 Å². The van der Waals surface area contributed by atoms with E-state index in [1.54, 1.807) is 11.3 Å². The van der Waals surface area contributed by atoms with E-state index in [1.165, 1.54) is 69.5 Å². The molecule has 0 unspecified atom stereocenters. The van der Waals surface area contributed by atoms with E-state index in [0.717, 1.165) is 22.3 Å². The Hall–Kier alpha value is -0.820. The summed E-state index contributed by atoms with van der Waals surface area (Å²) in [5.41, 5.74) is 0. The highest BCUT2D eigenvalue weighted by Gasteiger charge is 2.17. The number of thioether (sulfide) groups is 1. The Morgan fingerprint density at radius 3 is 2.29 bits per heavy atom. The molecule has 0 radical (unpaired) electrons. The van der Waals surface area contributed by atoms with E-state index in [2.05, 4.69) is 20.8 Å². The van der Waals surface area contributed by atoms with E-state index >= 15 is 0 Å². The highest BCUT2D eigenvalue weighted by molar-refractivity contribution is 8.01. The van der Waals surface area contributed by atoms with E-state index in [1.807, 2.05) is 0 Å². The van der Waals surface area contributed by atoms with Crippen LogP contribution in [-0.2, 0) is 4.79 Å². The summed E-state index contributed by atoms with van der Waals surface area (Å²) in [7, 11) is 0. The van der Waals surface area contributed by atoms with Crippen LogP contribution in [0.25, 0.3) is 0 Å². The monoisotopic (exact) mass is 368 g/mol. The van der Waals surface area contributed by atoms with Gasteiger partial charge in [-0.25, -0.2) is 0 Å². The third kappa shape index (κ3) is 5.92. The zero-order chi connectivity index (χ0) is 16.6. The first-order chi connectivity index (χ1) is 11.8. The van der Waals surface area contributed by atoms with Crippen molar-refractivity contribution in [1.82, 2.24) is 15.5 Å². The minimum absolute atomic E-state index is 0.129. The van der Waals surface area contributed by atoms with Gasteiger partial charge in [-0.2, -0.15) is 0 Å². The van der Waals surface area contributed by atoms with Crippen molar-refractivity contribution < 1.29 is 4.79 Å². The molecule has 134 valence electrons. The first-order valence-corrected chi connectivity index (χ1v) is 11.1. The molecule has 0 aliphatic heterocycles. The predicted octanol–water partition coefficient (Wildman–Crippen LogP) is 4.21. The SMILES string of the molecule is O=C(CSc1nnc(NC2CCCCC2)s1)NC1CCCCCC1. The van der Waals surface area contributed by atoms with Gasteiger partial charge in [0.05, 0.1) is 5.75 Å². The zero-order valence-electron chi connectivity index (χ0n) is 14.3. The molecule has 1 heterocycles. The summed E-state index contributed by atoms with van der Waals surface area (Å²) in [6.07, 6.45) is 13.8. The highest BCUT2D eigenvalue weighted by Crippen LogP contribution is 2.28. The van der Waals surface area contributed by atoms with Crippen LogP contribution < -0.4 is 10.6 Å². The first kappa shape index (κ1) is 18.0. The van der Waals surface area contributed by atoms with Crippen LogP contribution in [0.4, 0.5) is 5.13 Å². The quantitative estimate of drug-likeness (QED) is 0.581. The number of anilines is 1. The Balaban J connectivity index is 1.38. The number of amides is 1. The summed E-state index contributed by atoms with van der Waals surface area (Å²) in [5, 5.41) is 16.0. The lowest BCUT2D eigenvalue weighted by molar-refractivity contribution is -0.119. The number of hydrogen-bond acceptors (Lipinski definition) is 6. The Morgan fingerprint density at radius 2 is 1.58 bits per heavy atom. The normalized spacial score (nSPS) is 20.5. The molecule has 0 aromatic carbocycles. The molecule has 7 heteroatoms. The van der Waals surface area contributed by atoms with Gasteiger partial charge in [-0.15, -0.1) is 10.2 Å². The molecule has 24 heavy (non-hydrogen) atoms. The molecule has 2 fully saturated rings. The minimum Gasteiger partial charge on any atom is -0.357 e. The standard InChI is InChI=1S/C17H28N4OS2/c22-15(18-13-8-4-1-2-5-9-13)12-23-17-21-20-16(24-17)19-14-10-6-3-7-11-14/h13-14H,1-12H2,(H,18,22)(H,19,20). The smallest absolute Gasteiger partial charge is 0.230 e. The molecule has 0 bridgehead atoms. The summed E-state index contributed by atoms with van der Waals surface area (Å²) < 4.78 is 0.879. The fourth-order valence-electron chi connectivity index (χ4n) is 3.57. The van der Waals surface area contributed by atoms with Crippen LogP contribution in [0.1, 0.15) is 70.6 Å². The number of carbonyl (C=O) groups is 1. The van der Waals surface area contributed by atoms with Crippen LogP contribution in [0.2, 0.25) is 0 Å². The maximum atomic E-state index is 12.1. The highest BCUT2D eigenvalue weighted by atomic mass is 32.2. The van der Waals surface area contributed by atoms with E-state index in [9.17, 15) is 4.79 Å². The number of nitrogens with one attached hydrogen (secondary N) is 2. The van der Waals surface area contributed by atoms with Gasteiger partial charge in [0.15, 0.2) is 4.34 Å². The molecule has 1 amide bonds. The Morgan fingerprint density at radius 1 is 0.958 bits per heavy atom. The van der Waals surface area contributed by atoms with Gasteiger partial charge in [-0.05, 0) is 25.7 Å². The summed E-state index contributed by atoms with van der Waals surface area (Å²) in [6, 6.07) is 0.918. The summed E-state index contributed by atoms with van der Waals surface area (Å²) in [4.78, 5) is 12.1. The van der Waals surface area contributed by atoms with Gasteiger partial charge in [0.2, 0.25) is 11.0 Å². The van der Waals surface area contributed by atoms with Crippen molar-refractivity contribution in [3.05, 3.63) is 0 Å². The molecular formula is C17H28N4OS2. The molecule has 1 aromatic rings. The van der Waals surface area contributed by atoms with Crippen molar-refractivity contribution in [2.45, 2.75) is 87.1 Å². The Labute approximate surface area is 152 Å². The molecule has 0 saturated heterocycles. The van der Waals surface area contributed by atoms with Crippen molar-refractivity contribution in [2.75, 3.05) is 11.1 Å². The van der Waals surface area contributed by atoms with Crippen molar-refractivity contribution in [1.29, 1.82) is 0 Å². The van der Waals surface area contributed by atoms with Crippen LogP contribution in [0.3, 0.4) is 0 Å². The Kier molecular flexibility index (Phi) is 7.20. The zero-order valence-corrected chi connectivity index (χ0v) is 15.9. The number of carbonyl (C=O) groups excluding carboxylic acids is 1. The molecule has 0 spiro atoms. The van der Waals surface area contributed by atoms with Crippen LogP contribution in [0.5, 0.6) is 0 Å². The molecule has 2 saturated carbocycles. The molecule has 0 atom stereocenters. The lowest BCUT2D eigenvalue weighted by Crippen LogP contribution is -2.35. The van der Waals surface area contributed by atoms with Crippen LogP contribution >= 0.6 is 23.1 Å². The van der Waals surface area contributed by atoms with Gasteiger partial charge >= 0.3 is 0 Å². The topological polar surface area (TPSA) is 66.9 Å². The van der Waals surface area contributed by atoms with Gasteiger partial charge < -0.3 is 10.6 Å². The van der Waals surface area contributed by atoms with Gasteiger partial charge in [0.1, 0.15) is 0 Å². The van der Waals surface area contributed by atoms with Crippen LogP contribution in [-0.4, -0.2) is 33.9 Å². The number of nitrogens with zero attached hydrogens (tertiary/aromatic N) is 2. The van der Waals surface area contributed by atoms with E-state index in [-0.39, 0.29) is 5.91 Å². The average molecular weight is 369 g/mol. The fourth-order valence-corrected chi connectivity index (χ4v) is 5.21. The molecule has 2 aliphatic carbocycles. The minimum atomic E-state index is 0.129. The molecule has 5 nitrogen and oxygen atoms in total. The fraction of sp³-hybridized carbons (Fsp3) is 0.824. The van der Waals surface area contributed by atoms with Gasteiger partial charge in [-0.3, -0.25) is 4.79 Å². The second-order valence-electron chi connectivity index (χ2n) is 6.90. The second kappa shape index (κ2) is 9.61. The molecule has 1 aromatic heterocycles. The predicted molar refractivity (Wildman–Crippen MR) is 101 cm³/mol. The summed E-state index contributed by atoms with van der Waals surface area (Å²) >= 11 is 3.07. The molecule has 2 N–H and O–H groups in total. The third-order valence-electron chi connectivity index (χ3n) is 4.89. The summed E-state index contributed by atoms with van der Waals surface area (Å²) in [6.45, 7) is 0. The Bertz CT molecular complexity index is 508. The lowest BCUT2D eigenvalue weighted by atomic mass is 9.96. The third-order valence-corrected chi connectivity index (χ3v) is 6.87. The van der Waals surface area contributed by atoms with Gasteiger partial charge in [0, 0.05) is 12.1 Å². The molecule has 3 rings (SSSR count). The van der Waals surface area contributed by atoms with Crippen molar-refractivity contribution in [3.63, 3.8) is 0 Å². The van der Waals surface area contributed by atoms with Crippen LogP contribution in [0, 0.1) is 0 Å². The summed E-state index contributed by atoms with van der Waals surface area (Å²) in [5.74, 6) is 0.568. The lowest BCUT2D eigenvalue weighted by Gasteiger charge is -2.21. The number of rotatable bonds is 6. The van der Waals surface area contributed by atoms with Crippen molar-refractivity contribution in [3.8, 4) is 0 Å². The maximum Gasteiger partial charge on any atom is 0.230 e. The van der Waals surface area contributed by atoms with E-state index < -0.39 is 0 Å². The van der Waals surface area contributed by atoms with Crippen LogP contribution in [0.15, 0.2) is 4.34 Å². The average Bonchev–Trinajstić information content (AvgIpc) is 2.88. The van der Waals surface area contributed by atoms with Crippen molar-refractivity contribution >= 4 is 34.1 Å². The van der Waals surface area contributed by atoms with Gasteiger partial charge in [-0.1, -0.05) is 68.0 Å². The van der Waals surface area contributed by atoms with Crippen molar-refractivity contribution in [2.24, 2.45) is 0 Å². The van der Waals surface area contributed by atoms with E-state index in [4.69, 9.17) is 0 Å². The molecular weight excluding hydrogens is 340 g/mol. The largest absolute Gasteiger partial charge is 0.357 e. The number of hydrogen-bond donors (Lipinski definition) is 2. The number of aromatic nitrogens is 2.